The molecule has 4 rings (SSSR count). The number of nitrogens with one attached hydrogen (secondary N) is 2. The van der Waals surface area contributed by atoms with E-state index in [9.17, 15) is 18.0 Å². The third-order valence-electron chi connectivity index (χ3n) is 6.04. The van der Waals surface area contributed by atoms with Crippen LogP contribution in [0.4, 0.5) is 35.4 Å². The molecule has 2 N–H and O–H groups in total. The van der Waals surface area contributed by atoms with Gasteiger partial charge in [0.15, 0.2) is 0 Å². The number of carbonyl (C=O) groups excluding carboxylic acids is 1. The minimum absolute atomic E-state index is 0.0310. The number of amides is 1. The lowest BCUT2D eigenvalue weighted by atomic mass is 10.1. The Labute approximate surface area is 206 Å². The summed E-state index contributed by atoms with van der Waals surface area (Å²) in [4.78, 5) is 23.3. The lowest BCUT2D eigenvalue weighted by Gasteiger charge is -2.28. The second-order valence-corrected chi connectivity index (χ2v) is 8.63. The fourth-order valence-corrected chi connectivity index (χ4v) is 4.05. The number of piperidine rings is 1. The summed E-state index contributed by atoms with van der Waals surface area (Å²) in [6.45, 7) is 2.76. The SMILES string of the molecule is COc1nn(C2CCN(C)CC2)cc1Nc1ncc(C(F)(F)F)c(NCCCN2CC=COC2=O)n1. The Balaban J connectivity index is 1.45. The summed E-state index contributed by atoms with van der Waals surface area (Å²) in [6, 6.07) is 0.198. The molecule has 36 heavy (non-hydrogen) atoms. The summed E-state index contributed by atoms with van der Waals surface area (Å²) in [7, 11) is 3.54. The number of halogens is 3. The van der Waals surface area contributed by atoms with E-state index in [4.69, 9.17) is 9.47 Å². The van der Waals surface area contributed by atoms with Crippen LogP contribution in [0, 0.1) is 0 Å². The van der Waals surface area contributed by atoms with Crippen molar-refractivity contribution in [3.05, 3.63) is 30.3 Å². The minimum atomic E-state index is -4.64. The molecule has 1 fully saturated rings. The lowest BCUT2D eigenvalue weighted by Crippen LogP contribution is -2.34. The van der Waals surface area contributed by atoms with E-state index in [1.807, 2.05) is 4.68 Å². The van der Waals surface area contributed by atoms with Gasteiger partial charge in [0, 0.05) is 25.8 Å². The average Bonchev–Trinajstić information content (AvgIpc) is 3.25. The smallest absolute Gasteiger partial charge is 0.421 e. The summed E-state index contributed by atoms with van der Waals surface area (Å²) >= 11 is 0. The molecule has 11 nitrogen and oxygen atoms in total. The molecule has 2 aliphatic heterocycles. The quantitative estimate of drug-likeness (QED) is 0.490. The highest BCUT2D eigenvalue weighted by atomic mass is 19.4. The van der Waals surface area contributed by atoms with Gasteiger partial charge < -0.3 is 29.9 Å². The summed E-state index contributed by atoms with van der Waals surface area (Å²) in [5.41, 5.74) is -0.527. The molecule has 1 amide bonds. The second kappa shape index (κ2) is 11.0. The molecule has 2 aliphatic rings. The highest BCUT2D eigenvalue weighted by molar-refractivity contribution is 5.69. The number of aromatic nitrogens is 4. The zero-order valence-corrected chi connectivity index (χ0v) is 20.1. The van der Waals surface area contributed by atoms with Crippen molar-refractivity contribution in [1.29, 1.82) is 0 Å². The van der Waals surface area contributed by atoms with Gasteiger partial charge in [-0.1, -0.05) is 0 Å². The number of cyclic esters (lactones) is 1. The largest absolute Gasteiger partial charge is 0.478 e. The van der Waals surface area contributed by atoms with Gasteiger partial charge in [-0.25, -0.2) is 9.78 Å². The zero-order chi connectivity index (χ0) is 25.7. The number of rotatable bonds is 9. The van der Waals surface area contributed by atoms with Crippen molar-refractivity contribution in [2.24, 2.45) is 0 Å². The van der Waals surface area contributed by atoms with Crippen LogP contribution in [0.15, 0.2) is 24.7 Å². The molecule has 0 bridgehead atoms. The van der Waals surface area contributed by atoms with Crippen LogP contribution in [0.2, 0.25) is 0 Å². The van der Waals surface area contributed by atoms with Crippen LogP contribution in [-0.4, -0.2) is 82.5 Å². The second-order valence-electron chi connectivity index (χ2n) is 8.63. The Kier molecular flexibility index (Phi) is 7.82. The fourth-order valence-electron chi connectivity index (χ4n) is 4.05. The summed E-state index contributed by atoms with van der Waals surface area (Å²) in [5.74, 6) is -0.0892. The monoisotopic (exact) mass is 510 g/mol. The Morgan fingerprint density at radius 3 is 2.75 bits per heavy atom. The molecule has 0 aromatic carbocycles. The highest BCUT2D eigenvalue weighted by Crippen LogP contribution is 2.35. The number of ether oxygens (including phenoxy) is 2. The van der Waals surface area contributed by atoms with Gasteiger partial charge in [-0.05, 0) is 45.5 Å². The van der Waals surface area contributed by atoms with Gasteiger partial charge in [0.05, 0.1) is 25.6 Å². The first-order chi connectivity index (χ1) is 17.2. The van der Waals surface area contributed by atoms with Crippen LogP contribution in [0.5, 0.6) is 5.88 Å². The predicted molar refractivity (Wildman–Crippen MR) is 125 cm³/mol. The van der Waals surface area contributed by atoms with Crippen molar-refractivity contribution in [3.63, 3.8) is 0 Å². The third-order valence-corrected chi connectivity index (χ3v) is 6.04. The molecular weight excluding hydrogens is 481 g/mol. The number of likely N-dealkylation sites (tertiary alicyclic amines) is 1. The minimum Gasteiger partial charge on any atom is -0.478 e. The number of carbonyl (C=O) groups is 1. The first-order valence-corrected chi connectivity index (χ1v) is 11.6. The topological polar surface area (TPSA) is 110 Å². The van der Waals surface area contributed by atoms with Crippen molar-refractivity contribution in [1.82, 2.24) is 29.5 Å². The standard InChI is InChI=1S/C22H29F3N8O3/c1-31-10-5-15(6-11-31)33-14-17(19(30-33)35-2)28-20-27-13-16(22(23,24)25)18(29-20)26-7-3-8-32-9-4-12-36-21(32)34/h4,12-15H,3,5-11H2,1-2H3,(H2,26,27,28,29). The predicted octanol–water partition coefficient (Wildman–Crippen LogP) is 3.48. The van der Waals surface area contributed by atoms with Crippen molar-refractivity contribution in [3.8, 4) is 5.88 Å². The van der Waals surface area contributed by atoms with Gasteiger partial charge in [-0.2, -0.15) is 18.2 Å². The first kappa shape index (κ1) is 25.5. The molecule has 196 valence electrons. The van der Waals surface area contributed by atoms with E-state index in [1.165, 1.54) is 18.3 Å². The van der Waals surface area contributed by atoms with E-state index in [2.05, 4.69) is 37.6 Å². The number of anilines is 3. The molecule has 0 unspecified atom stereocenters. The van der Waals surface area contributed by atoms with E-state index in [1.54, 1.807) is 12.3 Å². The molecule has 0 saturated carbocycles. The number of hydrogen-bond donors (Lipinski definition) is 2. The van der Waals surface area contributed by atoms with Crippen LogP contribution in [-0.2, 0) is 10.9 Å². The van der Waals surface area contributed by atoms with Crippen LogP contribution in [0.25, 0.3) is 0 Å². The number of alkyl halides is 3. The van der Waals surface area contributed by atoms with Gasteiger partial charge in [0.1, 0.15) is 17.1 Å². The fraction of sp³-hybridized carbons (Fsp3) is 0.545. The molecule has 0 atom stereocenters. The molecule has 2 aromatic heterocycles. The van der Waals surface area contributed by atoms with Crippen LogP contribution < -0.4 is 15.4 Å². The molecule has 0 aliphatic carbocycles. The maximum atomic E-state index is 13.6. The maximum Gasteiger partial charge on any atom is 0.421 e. The Morgan fingerprint density at radius 2 is 2.06 bits per heavy atom. The molecule has 0 spiro atoms. The highest BCUT2D eigenvalue weighted by Gasteiger charge is 2.35. The van der Waals surface area contributed by atoms with E-state index >= 15 is 0 Å². The molecule has 4 heterocycles. The van der Waals surface area contributed by atoms with Crippen LogP contribution in [0.3, 0.4) is 0 Å². The first-order valence-electron chi connectivity index (χ1n) is 11.6. The zero-order valence-electron chi connectivity index (χ0n) is 20.1. The summed E-state index contributed by atoms with van der Waals surface area (Å²) in [6.07, 6.45) is 2.61. The van der Waals surface area contributed by atoms with Crippen molar-refractivity contribution < 1.29 is 27.4 Å². The Bertz CT molecular complexity index is 1080. The number of nitrogens with zero attached hydrogens (tertiary/aromatic N) is 6. The van der Waals surface area contributed by atoms with Crippen molar-refractivity contribution >= 4 is 23.5 Å². The molecule has 0 radical (unpaired) electrons. The van der Waals surface area contributed by atoms with E-state index in [0.717, 1.165) is 32.1 Å². The summed E-state index contributed by atoms with van der Waals surface area (Å²) in [5, 5.41) is 10.1. The maximum absolute atomic E-state index is 13.6. The normalized spacial score (nSPS) is 17.2. The van der Waals surface area contributed by atoms with Gasteiger partial charge in [-0.15, -0.1) is 5.10 Å². The number of methoxy groups -OCH3 is 1. The Hall–Kier alpha value is -3.55. The van der Waals surface area contributed by atoms with Gasteiger partial charge in [0.25, 0.3) is 5.88 Å². The van der Waals surface area contributed by atoms with Gasteiger partial charge >= 0.3 is 12.3 Å². The lowest BCUT2D eigenvalue weighted by molar-refractivity contribution is -0.137. The van der Waals surface area contributed by atoms with Crippen molar-refractivity contribution in [2.45, 2.75) is 31.5 Å². The van der Waals surface area contributed by atoms with E-state index < -0.39 is 17.8 Å². The van der Waals surface area contributed by atoms with Gasteiger partial charge in [0.2, 0.25) is 5.95 Å². The molecule has 2 aromatic rings. The molecule has 1 saturated heterocycles. The Morgan fingerprint density at radius 1 is 1.28 bits per heavy atom. The number of hydrogen-bond acceptors (Lipinski definition) is 9. The molecular formula is C22H29F3N8O3. The van der Waals surface area contributed by atoms with Crippen LogP contribution in [0.1, 0.15) is 30.9 Å². The van der Waals surface area contributed by atoms with Crippen molar-refractivity contribution in [2.75, 3.05) is 57.5 Å². The third kappa shape index (κ3) is 6.17. The van der Waals surface area contributed by atoms with Gasteiger partial charge in [-0.3, -0.25) is 4.68 Å². The van der Waals surface area contributed by atoms with Crippen LogP contribution >= 0.6 is 0 Å². The van der Waals surface area contributed by atoms with E-state index in [-0.39, 0.29) is 24.4 Å². The summed E-state index contributed by atoms with van der Waals surface area (Å²) < 4.78 is 52.7. The average molecular weight is 511 g/mol. The van der Waals surface area contributed by atoms with E-state index in [0.29, 0.717) is 31.1 Å². The molecule has 14 heteroatoms.